The van der Waals surface area contributed by atoms with E-state index < -0.39 is 12.1 Å². The predicted molar refractivity (Wildman–Crippen MR) is 165 cm³/mol. The fourth-order valence-corrected chi connectivity index (χ4v) is 5.62. The minimum absolute atomic E-state index is 0.0451. The van der Waals surface area contributed by atoms with Crippen molar-refractivity contribution in [3.05, 3.63) is 145 Å². The molecule has 1 nitrogen and oxygen atoms in total. The van der Waals surface area contributed by atoms with Gasteiger partial charge in [-0.15, -0.1) is 0 Å². The summed E-state index contributed by atoms with van der Waals surface area (Å²) < 4.78 is 66.9. The van der Waals surface area contributed by atoms with Gasteiger partial charge < -0.3 is 4.42 Å². The highest BCUT2D eigenvalue weighted by Crippen LogP contribution is 2.45. The number of rotatable bonds is 3. The molecule has 0 aliphatic carbocycles. The third-order valence-electron chi connectivity index (χ3n) is 7.33. The Hall–Kier alpha value is -5.14. The molecule has 7 aromatic carbocycles. The molecule has 1 aromatic heterocycles. The highest BCUT2D eigenvalue weighted by molar-refractivity contribution is 6.22. The second-order valence-corrected chi connectivity index (χ2v) is 9.55. The van der Waals surface area contributed by atoms with Crippen molar-refractivity contribution in [1.29, 1.82) is 0 Å². The monoisotopic (exact) mass is 503 g/mol. The van der Waals surface area contributed by atoms with E-state index in [0.29, 0.717) is 5.56 Å². The van der Waals surface area contributed by atoms with Gasteiger partial charge in [0, 0.05) is 10.8 Å². The largest absolute Gasteiger partial charge is 0.456 e. The maximum Gasteiger partial charge on any atom is 0.135 e. The lowest BCUT2D eigenvalue weighted by molar-refractivity contribution is 0.669. The van der Waals surface area contributed by atoms with Crippen LogP contribution in [0.25, 0.3) is 76.9 Å². The lowest BCUT2D eigenvalue weighted by Gasteiger charge is -2.18. The van der Waals surface area contributed by atoms with Crippen LogP contribution < -0.4 is 0 Å². The van der Waals surface area contributed by atoms with Gasteiger partial charge in [0.05, 0.1) is 9.60 Å². The van der Waals surface area contributed by atoms with E-state index in [-0.39, 0.29) is 57.7 Å². The van der Waals surface area contributed by atoms with E-state index >= 15 is 0 Å². The highest BCUT2D eigenvalue weighted by atomic mass is 16.3. The van der Waals surface area contributed by atoms with E-state index in [9.17, 15) is 2.74 Å². The Labute approximate surface area is 236 Å². The van der Waals surface area contributed by atoms with Gasteiger partial charge >= 0.3 is 0 Å². The van der Waals surface area contributed by atoms with E-state index in [1.54, 1.807) is 0 Å². The molecule has 1 heteroatoms. The third-order valence-corrected chi connectivity index (χ3v) is 7.33. The van der Waals surface area contributed by atoms with Crippen LogP contribution in [-0.4, -0.2) is 0 Å². The van der Waals surface area contributed by atoms with Gasteiger partial charge in [-0.2, -0.15) is 0 Å². The van der Waals surface area contributed by atoms with Gasteiger partial charge in [-0.1, -0.05) is 121 Å². The van der Waals surface area contributed by atoms with Crippen molar-refractivity contribution in [3.63, 3.8) is 0 Å². The first-order chi connectivity index (χ1) is 22.3. The fourth-order valence-electron chi connectivity index (χ4n) is 5.62. The lowest BCUT2D eigenvalue weighted by Crippen LogP contribution is -1.91. The molecule has 0 saturated carbocycles. The van der Waals surface area contributed by atoms with Crippen LogP contribution in [0.1, 0.15) is 9.60 Å². The molecule has 39 heavy (non-hydrogen) atoms. The summed E-state index contributed by atoms with van der Waals surface area (Å²) in [6.07, 6.45) is 0. The molecule has 182 valence electrons. The Morgan fingerprint density at radius 3 is 1.69 bits per heavy atom. The zero-order chi connectivity index (χ0) is 31.9. The number of furan rings is 1. The van der Waals surface area contributed by atoms with Gasteiger partial charge in [0.25, 0.3) is 0 Å². The van der Waals surface area contributed by atoms with Crippen LogP contribution in [0.3, 0.4) is 0 Å². The first-order valence-electron chi connectivity index (χ1n) is 16.3. The Morgan fingerprint density at radius 1 is 0.410 bits per heavy atom. The molecule has 8 aromatic rings. The summed E-state index contributed by atoms with van der Waals surface area (Å²) >= 11 is 0. The van der Waals surface area contributed by atoms with Gasteiger partial charge in [0.15, 0.2) is 0 Å². The average molecular weight is 504 g/mol. The van der Waals surface area contributed by atoms with Crippen LogP contribution >= 0.6 is 0 Å². The molecule has 0 aliphatic heterocycles. The van der Waals surface area contributed by atoms with Gasteiger partial charge in [-0.3, -0.25) is 0 Å². The van der Waals surface area contributed by atoms with Gasteiger partial charge in [-0.05, 0) is 79.1 Å². The zero-order valence-electron chi connectivity index (χ0n) is 27.7. The van der Waals surface area contributed by atoms with Crippen molar-refractivity contribution < 1.29 is 14.0 Å². The van der Waals surface area contributed by atoms with Gasteiger partial charge in [-0.25, -0.2) is 0 Å². The number of para-hydroxylation sites is 1. The summed E-state index contributed by atoms with van der Waals surface area (Å²) in [6, 6.07) is 32.2. The van der Waals surface area contributed by atoms with Crippen molar-refractivity contribution in [3.8, 4) is 33.4 Å². The Kier molecular flexibility index (Phi) is 3.57. The number of benzene rings is 7. The number of fused-ring (bicyclic) bond motifs is 5. The molecule has 1 heterocycles. The molecule has 0 fully saturated rings. The van der Waals surface area contributed by atoms with E-state index in [4.69, 9.17) is 11.3 Å². The summed E-state index contributed by atoms with van der Waals surface area (Å²) in [5.74, 6) is 0. The predicted octanol–water partition coefficient (Wildman–Crippen LogP) is 10.9. The molecule has 0 aliphatic rings. The fraction of sp³-hybridized carbons (Fsp3) is 0. The van der Waals surface area contributed by atoms with Crippen molar-refractivity contribution in [2.24, 2.45) is 0 Å². The van der Waals surface area contributed by atoms with Crippen molar-refractivity contribution in [1.82, 2.24) is 0 Å². The Morgan fingerprint density at radius 2 is 0.974 bits per heavy atom. The Bertz CT molecular complexity index is 2500. The average Bonchev–Trinajstić information content (AvgIpc) is 3.50. The van der Waals surface area contributed by atoms with Crippen LogP contribution in [0.5, 0.6) is 0 Å². The first-order valence-corrected chi connectivity index (χ1v) is 12.8. The summed E-state index contributed by atoms with van der Waals surface area (Å²) in [5.41, 5.74) is 4.84. The molecule has 0 atom stereocenters. The molecule has 0 bridgehead atoms. The number of hydrogen-bond donors (Lipinski definition) is 0. The minimum atomic E-state index is -0.454. The minimum Gasteiger partial charge on any atom is -0.456 e. The first kappa shape index (κ1) is 16.0. The molecular weight excluding hydrogens is 472 g/mol. The maximum atomic E-state index is 9.48. The molecule has 0 saturated heterocycles. The van der Waals surface area contributed by atoms with E-state index in [1.165, 1.54) is 0 Å². The second kappa shape index (κ2) is 8.72. The molecule has 0 unspecified atom stereocenters. The van der Waals surface area contributed by atoms with E-state index in [1.807, 2.05) is 72.8 Å². The molecule has 0 N–H and O–H groups in total. The van der Waals surface area contributed by atoms with E-state index in [2.05, 4.69) is 30.3 Å². The molecule has 0 radical (unpaired) electrons. The summed E-state index contributed by atoms with van der Waals surface area (Å²) in [7, 11) is 0. The van der Waals surface area contributed by atoms with Gasteiger partial charge in [0.1, 0.15) is 11.2 Å². The third kappa shape index (κ3) is 3.48. The van der Waals surface area contributed by atoms with Gasteiger partial charge in [0.2, 0.25) is 0 Å². The normalized spacial score (nSPS) is 14.1. The SMILES string of the molecule is [2H]c1c([2H])c([2H])c2c(oc3c([2H])c([2H])c(-c4c5ccccc5c(-c5cccc(-c6ccccc6)c5)c5ccccc45)c([2H])c32)c1[2H]. The maximum absolute atomic E-state index is 9.48. The zero-order valence-corrected chi connectivity index (χ0v) is 20.7. The molecule has 8 rings (SSSR count). The van der Waals surface area contributed by atoms with Crippen molar-refractivity contribution >= 4 is 43.5 Å². The van der Waals surface area contributed by atoms with Crippen LogP contribution in [0, 0.1) is 0 Å². The summed E-state index contributed by atoms with van der Waals surface area (Å²) in [5, 5.41) is 3.60. The van der Waals surface area contributed by atoms with Crippen molar-refractivity contribution in [2.75, 3.05) is 0 Å². The Balaban J connectivity index is 1.51. The molecular formula is C38H24O. The topological polar surface area (TPSA) is 13.1 Å². The van der Waals surface area contributed by atoms with Crippen LogP contribution in [0.2, 0.25) is 0 Å². The van der Waals surface area contributed by atoms with Crippen LogP contribution in [0.15, 0.2) is 150 Å². The quantitative estimate of drug-likeness (QED) is 0.219. The van der Waals surface area contributed by atoms with Crippen molar-refractivity contribution in [2.45, 2.75) is 0 Å². The van der Waals surface area contributed by atoms with Crippen LogP contribution in [0.4, 0.5) is 0 Å². The number of hydrogen-bond acceptors (Lipinski definition) is 1. The summed E-state index contributed by atoms with van der Waals surface area (Å²) in [4.78, 5) is 0. The highest BCUT2D eigenvalue weighted by Gasteiger charge is 2.18. The van der Waals surface area contributed by atoms with E-state index in [0.717, 1.165) is 43.8 Å². The van der Waals surface area contributed by atoms with Crippen LogP contribution in [-0.2, 0) is 0 Å². The smallest absolute Gasteiger partial charge is 0.135 e. The lowest BCUT2D eigenvalue weighted by atomic mass is 9.85. The molecule has 0 amide bonds. The molecule has 0 spiro atoms. The second-order valence-electron chi connectivity index (χ2n) is 9.55. The summed E-state index contributed by atoms with van der Waals surface area (Å²) in [6.45, 7) is 0. The standard InChI is InChI=1S/C38H24O/c1-2-11-25(12-3-1)26-13-10-14-27(23-26)37-30-16-4-6-18-32(30)38(33-19-7-5-17-31(33)37)28-21-22-36-34(24-28)29-15-8-9-20-35(29)39-36/h1-24H/i8D,9D,15D,20D,21D,22D,24D.